The second-order valence-electron chi connectivity index (χ2n) is 4.84. The summed E-state index contributed by atoms with van der Waals surface area (Å²) in [5, 5.41) is 1.84. The molecule has 0 spiro atoms. The largest absolute Gasteiger partial charge is 0.399 e. The Labute approximate surface area is 132 Å². The normalized spacial score (nSPS) is 11.7. The van der Waals surface area contributed by atoms with E-state index in [0.717, 1.165) is 20.8 Å². The van der Waals surface area contributed by atoms with Crippen molar-refractivity contribution >= 4 is 36.7 Å². The average molecular weight is 363 g/mol. The van der Waals surface area contributed by atoms with Gasteiger partial charge in [-0.3, -0.25) is 0 Å². The molecular formula is C16H13BrNO2S+. The van der Waals surface area contributed by atoms with Crippen molar-refractivity contribution in [3.05, 3.63) is 71.0 Å². The fourth-order valence-electron chi connectivity index (χ4n) is 2.15. The molecule has 0 bridgehead atoms. The maximum absolute atomic E-state index is 12.7. The lowest BCUT2D eigenvalue weighted by molar-refractivity contribution is -0.510. The molecule has 21 heavy (non-hydrogen) atoms. The predicted octanol–water partition coefficient (Wildman–Crippen LogP) is 3.44. The lowest BCUT2D eigenvalue weighted by Crippen LogP contribution is -2.42. The van der Waals surface area contributed by atoms with Gasteiger partial charge in [0.15, 0.2) is 6.20 Å². The van der Waals surface area contributed by atoms with E-state index in [-0.39, 0.29) is 4.90 Å². The average Bonchev–Trinajstić information content (AvgIpc) is 2.47. The molecule has 0 saturated heterocycles. The Morgan fingerprint density at radius 2 is 1.62 bits per heavy atom. The highest BCUT2D eigenvalue weighted by atomic mass is 79.9. The lowest BCUT2D eigenvalue weighted by Gasteiger charge is -2.03. The summed E-state index contributed by atoms with van der Waals surface area (Å²) in [5.41, 5.74) is 1.03. The van der Waals surface area contributed by atoms with Crippen molar-refractivity contribution in [2.45, 2.75) is 11.8 Å². The minimum Gasteiger partial charge on any atom is -0.158 e. The van der Waals surface area contributed by atoms with Crippen molar-refractivity contribution in [3.8, 4) is 0 Å². The van der Waals surface area contributed by atoms with Crippen LogP contribution in [0.25, 0.3) is 10.8 Å². The number of aromatic nitrogens is 1. The molecule has 3 aromatic rings. The molecule has 0 aliphatic carbocycles. The SMILES string of the molecule is Cc1ccc(S(=O)(=O)[n+]2cc(Br)c3ccccc3c2)cc1. The smallest absolute Gasteiger partial charge is 0.158 e. The summed E-state index contributed by atoms with van der Waals surface area (Å²) in [6.07, 6.45) is 3.22. The summed E-state index contributed by atoms with van der Waals surface area (Å²) in [6.45, 7) is 1.93. The van der Waals surface area contributed by atoms with E-state index in [1.807, 2.05) is 31.2 Å². The minimum absolute atomic E-state index is 0.278. The van der Waals surface area contributed by atoms with Gasteiger partial charge in [0.2, 0.25) is 6.20 Å². The molecule has 0 aliphatic rings. The van der Waals surface area contributed by atoms with Crippen LogP contribution in [0.5, 0.6) is 0 Å². The number of aryl methyl sites for hydroxylation is 1. The van der Waals surface area contributed by atoms with Gasteiger partial charge in [-0.25, -0.2) is 0 Å². The molecule has 0 amide bonds. The van der Waals surface area contributed by atoms with Crippen LogP contribution in [0.1, 0.15) is 5.56 Å². The number of pyridine rings is 1. The fourth-order valence-corrected chi connectivity index (χ4v) is 4.09. The number of rotatable bonds is 2. The molecule has 0 N–H and O–H groups in total. The van der Waals surface area contributed by atoms with E-state index in [1.54, 1.807) is 36.7 Å². The summed E-state index contributed by atoms with van der Waals surface area (Å²) in [4.78, 5) is 0.278. The Hall–Kier alpha value is -1.72. The van der Waals surface area contributed by atoms with Crippen molar-refractivity contribution in [2.24, 2.45) is 0 Å². The lowest BCUT2D eigenvalue weighted by atomic mass is 10.2. The maximum Gasteiger partial charge on any atom is 0.399 e. The number of hydrogen-bond donors (Lipinski definition) is 0. The summed E-state index contributed by atoms with van der Waals surface area (Å²) >= 11 is 3.44. The molecule has 3 nitrogen and oxygen atoms in total. The molecule has 5 heteroatoms. The van der Waals surface area contributed by atoms with E-state index in [9.17, 15) is 8.42 Å². The third-order valence-electron chi connectivity index (χ3n) is 3.32. The van der Waals surface area contributed by atoms with Crippen molar-refractivity contribution in [3.63, 3.8) is 0 Å². The Morgan fingerprint density at radius 1 is 0.952 bits per heavy atom. The molecular weight excluding hydrogens is 350 g/mol. The first kappa shape index (κ1) is 14.2. The number of hydrogen-bond acceptors (Lipinski definition) is 2. The van der Waals surface area contributed by atoms with Gasteiger partial charge in [0.25, 0.3) is 0 Å². The van der Waals surface area contributed by atoms with Gasteiger partial charge in [0.1, 0.15) is 4.90 Å². The van der Waals surface area contributed by atoms with Gasteiger partial charge in [-0.05, 0) is 41.1 Å². The number of fused-ring (bicyclic) bond motifs is 1. The van der Waals surface area contributed by atoms with Crippen LogP contribution in [-0.2, 0) is 10.0 Å². The third-order valence-corrected chi connectivity index (χ3v) is 5.59. The molecule has 3 rings (SSSR count). The van der Waals surface area contributed by atoms with Gasteiger partial charge in [-0.1, -0.05) is 39.9 Å². The zero-order valence-corrected chi connectivity index (χ0v) is 13.7. The van der Waals surface area contributed by atoms with Crippen molar-refractivity contribution in [1.82, 2.24) is 0 Å². The molecule has 1 aromatic heterocycles. The Balaban J connectivity index is 2.21. The van der Waals surface area contributed by atoms with Crippen LogP contribution in [0.3, 0.4) is 0 Å². The topological polar surface area (TPSA) is 38.0 Å². The van der Waals surface area contributed by atoms with Crippen molar-refractivity contribution < 1.29 is 12.4 Å². The Kier molecular flexibility index (Phi) is 3.55. The van der Waals surface area contributed by atoms with Crippen LogP contribution in [0, 0.1) is 6.92 Å². The van der Waals surface area contributed by atoms with Gasteiger partial charge in [-0.2, -0.15) is 8.42 Å². The van der Waals surface area contributed by atoms with Crippen molar-refractivity contribution in [1.29, 1.82) is 0 Å². The molecule has 0 atom stereocenters. The zero-order chi connectivity index (χ0) is 15.0. The highest BCUT2D eigenvalue weighted by molar-refractivity contribution is 9.10. The van der Waals surface area contributed by atoms with E-state index >= 15 is 0 Å². The highest BCUT2D eigenvalue weighted by Crippen LogP contribution is 2.22. The monoisotopic (exact) mass is 362 g/mol. The first-order chi connectivity index (χ1) is 9.98. The van der Waals surface area contributed by atoms with Crippen LogP contribution >= 0.6 is 15.9 Å². The predicted molar refractivity (Wildman–Crippen MR) is 85.6 cm³/mol. The fraction of sp³-hybridized carbons (Fsp3) is 0.0625. The van der Waals surface area contributed by atoms with E-state index in [0.29, 0.717) is 0 Å². The van der Waals surface area contributed by atoms with Gasteiger partial charge in [0, 0.05) is 10.8 Å². The Bertz CT molecular complexity index is 919. The molecule has 2 aromatic carbocycles. The van der Waals surface area contributed by atoms with Gasteiger partial charge in [-0.15, -0.1) is 0 Å². The van der Waals surface area contributed by atoms with Gasteiger partial charge in [0.05, 0.1) is 4.47 Å². The quantitative estimate of drug-likeness (QED) is 0.655. The number of halogens is 1. The molecule has 0 unspecified atom stereocenters. The molecule has 0 saturated carbocycles. The number of benzene rings is 2. The summed E-state index contributed by atoms with van der Waals surface area (Å²) < 4.78 is 27.4. The van der Waals surface area contributed by atoms with Crippen LogP contribution < -0.4 is 3.97 Å². The summed E-state index contributed by atoms with van der Waals surface area (Å²) in [6, 6.07) is 14.5. The molecule has 0 radical (unpaired) electrons. The van der Waals surface area contributed by atoms with Crippen molar-refractivity contribution in [2.75, 3.05) is 0 Å². The number of nitrogens with zero attached hydrogens (tertiary/aromatic N) is 1. The van der Waals surface area contributed by atoms with Gasteiger partial charge < -0.3 is 0 Å². The Morgan fingerprint density at radius 3 is 2.33 bits per heavy atom. The summed E-state index contributed by atoms with van der Waals surface area (Å²) in [5.74, 6) is 0. The van der Waals surface area contributed by atoms with Crippen LogP contribution in [0.4, 0.5) is 0 Å². The van der Waals surface area contributed by atoms with Gasteiger partial charge >= 0.3 is 10.0 Å². The first-order valence-electron chi connectivity index (χ1n) is 6.40. The second kappa shape index (κ2) is 5.24. The minimum atomic E-state index is -3.58. The van der Waals surface area contributed by atoms with E-state index < -0.39 is 10.0 Å². The third kappa shape index (κ3) is 2.59. The van der Waals surface area contributed by atoms with Crippen LogP contribution in [0.15, 0.2) is 70.3 Å². The zero-order valence-electron chi connectivity index (χ0n) is 11.3. The maximum atomic E-state index is 12.7. The van der Waals surface area contributed by atoms with E-state index in [2.05, 4.69) is 15.9 Å². The standard InChI is InChI=1S/C16H13BrNO2S/c1-12-6-8-14(9-7-12)21(19,20)18-10-13-4-2-3-5-15(13)16(17)11-18/h2-11H,1H3/q+1. The van der Waals surface area contributed by atoms with Crippen LogP contribution in [0.2, 0.25) is 0 Å². The highest BCUT2D eigenvalue weighted by Gasteiger charge is 2.26. The molecule has 0 fully saturated rings. The molecule has 0 aliphatic heterocycles. The summed E-state index contributed by atoms with van der Waals surface area (Å²) in [7, 11) is -3.58. The van der Waals surface area contributed by atoms with E-state index in [4.69, 9.17) is 0 Å². The first-order valence-corrected chi connectivity index (χ1v) is 8.63. The second-order valence-corrected chi connectivity index (χ2v) is 7.54. The van der Waals surface area contributed by atoms with Crippen LogP contribution in [-0.4, -0.2) is 8.42 Å². The molecule has 1 heterocycles. The van der Waals surface area contributed by atoms with E-state index in [1.165, 1.54) is 3.97 Å². The molecule has 106 valence electrons.